The van der Waals surface area contributed by atoms with Gasteiger partial charge in [0, 0.05) is 10.3 Å². The number of hydrogen-bond acceptors (Lipinski definition) is 4. The van der Waals surface area contributed by atoms with Crippen LogP contribution >= 0.6 is 11.3 Å². The number of esters is 1. The van der Waals surface area contributed by atoms with Crippen molar-refractivity contribution in [3.63, 3.8) is 0 Å². The van der Waals surface area contributed by atoms with Crippen LogP contribution in [-0.4, -0.2) is 18.5 Å². The zero-order chi connectivity index (χ0) is 17.8. The van der Waals surface area contributed by atoms with Gasteiger partial charge >= 0.3 is 5.97 Å². The third-order valence-electron chi connectivity index (χ3n) is 4.75. The second-order valence-corrected chi connectivity index (χ2v) is 7.25. The van der Waals surface area contributed by atoms with Crippen LogP contribution in [0.5, 0.6) is 0 Å². The molecule has 1 aromatic carbocycles. The van der Waals surface area contributed by atoms with Gasteiger partial charge in [0.25, 0.3) is 5.91 Å². The molecule has 0 saturated carbocycles. The molecule has 0 bridgehead atoms. The normalized spacial score (nSPS) is 16.2. The van der Waals surface area contributed by atoms with Crippen molar-refractivity contribution in [1.29, 1.82) is 0 Å². The van der Waals surface area contributed by atoms with Crippen LogP contribution in [0.3, 0.4) is 0 Å². The summed E-state index contributed by atoms with van der Waals surface area (Å²) in [6.45, 7) is 4.29. The van der Waals surface area contributed by atoms with Gasteiger partial charge in [-0.3, -0.25) is 4.79 Å². The van der Waals surface area contributed by atoms with Crippen molar-refractivity contribution in [3.8, 4) is 0 Å². The van der Waals surface area contributed by atoms with Crippen molar-refractivity contribution in [3.05, 3.63) is 51.2 Å². The number of rotatable bonds is 5. The van der Waals surface area contributed by atoms with Gasteiger partial charge in [0.1, 0.15) is 0 Å². The molecule has 0 radical (unpaired) electrons. The summed E-state index contributed by atoms with van der Waals surface area (Å²) in [6, 6.07) is 6.96. The summed E-state index contributed by atoms with van der Waals surface area (Å²) in [4.78, 5) is 26.2. The molecule has 1 N–H and O–H groups in total. The molecule has 1 aliphatic carbocycles. The average Bonchev–Trinajstić information content (AvgIpc) is 3.05. The number of amides is 1. The van der Waals surface area contributed by atoms with Gasteiger partial charge in [-0.25, -0.2) is 4.79 Å². The summed E-state index contributed by atoms with van der Waals surface area (Å²) in [5.74, 6) is 0.160. The van der Waals surface area contributed by atoms with Crippen LogP contribution in [0.4, 0.5) is 5.69 Å². The monoisotopic (exact) mass is 357 g/mol. The van der Waals surface area contributed by atoms with Gasteiger partial charge in [-0.1, -0.05) is 25.5 Å². The Balaban J connectivity index is 1.81. The molecule has 0 spiro atoms. The number of para-hydroxylation sites is 1. The van der Waals surface area contributed by atoms with Crippen molar-refractivity contribution >= 4 is 28.9 Å². The maximum Gasteiger partial charge on any atom is 0.340 e. The molecular formula is C20H23NO3S. The third-order valence-corrected chi connectivity index (χ3v) is 5.80. The van der Waals surface area contributed by atoms with E-state index in [0.717, 1.165) is 30.7 Å². The molecule has 2 aromatic rings. The molecule has 1 atom stereocenters. The zero-order valence-electron chi connectivity index (χ0n) is 14.6. The molecule has 0 fully saturated rings. The van der Waals surface area contributed by atoms with Crippen LogP contribution in [0, 0.1) is 5.92 Å². The number of nitrogens with one attached hydrogen (secondary N) is 1. The lowest BCUT2D eigenvalue weighted by Crippen LogP contribution is -2.19. The summed E-state index contributed by atoms with van der Waals surface area (Å²) in [5.41, 5.74) is 2.80. The van der Waals surface area contributed by atoms with Crippen LogP contribution in [-0.2, 0) is 17.6 Å². The number of fused-ring (bicyclic) bond motifs is 1. The van der Waals surface area contributed by atoms with E-state index in [2.05, 4.69) is 12.2 Å². The number of thiophene rings is 1. The molecule has 1 heterocycles. The van der Waals surface area contributed by atoms with Gasteiger partial charge in [-0.2, -0.15) is 0 Å². The number of hydrogen-bond donors (Lipinski definition) is 1. The Labute approximate surface area is 152 Å². The van der Waals surface area contributed by atoms with Gasteiger partial charge in [-0.15, -0.1) is 11.3 Å². The van der Waals surface area contributed by atoms with Crippen LogP contribution in [0.25, 0.3) is 0 Å². The Morgan fingerprint density at radius 2 is 2.04 bits per heavy atom. The lowest BCUT2D eigenvalue weighted by atomic mass is 9.86. The molecule has 1 amide bonds. The van der Waals surface area contributed by atoms with E-state index in [1.54, 1.807) is 42.5 Å². The topological polar surface area (TPSA) is 55.4 Å². The number of anilines is 1. The highest BCUT2D eigenvalue weighted by molar-refractivity contribution is 7.10. The summed E-state index contributed by atoms with van der Waals surface area (Å²) < 4.78 is 5.07. The molecular weight excluding hydrogens is 334 g/mol. The van der Waals surface area contributed by atoms with E-state index in [9.17, 15) is 9.59 Å². The number of benzene rings is 1. The summed E-state index contributed by atoms with van der Waals surface area (Å²) in [7, 11) is 0. The molecule has 1 aromatic heterocycles. The fourth-order valence-electron chi connectivity index (χ4n) is 3.29. The minimum atomic E-state index is -0.420. The maximum absolute atomic E-state index is 12.8. The molecule has 132 valence electrons. The number of carbonyl (C=O) groups is 2. The molecule has 25 heavy (non-hydrogen) atoms. The van der Waals surface area contributed by atoms with Crippen molar-refractivity contribution in [2.24, 2.45) is 5.92 Å². The van der Waals surface area contributed by atoms with Crippen LogP contribution < -0.4 is 5.32 Å². The fourth-order valence-corrected chi connectivity index (χ4v) is 4.48. The summed E-state index contributed by atoms with van der Waals surface area (Å²) in [5, 5.41) is 4.84. The van der Waals surface area contributed by atoms with Crippen molar-refractivity contribution in [1.82, 2.24) is 0 Å². The van der Waals surface area contributed by atoms with Crippen molar-refractivity contribution in [2.45, 2.75) is 39.5 Å². The van der Waals surface area contributed by atoms with E-state index in [1.165, 1.54) is 16.9 Å². The Morgan fingerprint density at radius 3 is 2.80 bits per heavy atom. The van der Waals surface area contributed by atoms with E-state index >= 15 is 0 Å². The van der Waals surface area contributed by atoms with E-state index in [0.29, 0.717) is 17.9 Å². The second-order valence-electron chi connectivity index (χ2n) is 6.29. The highest BCUT2D eigenvalue weighted by Crippen LogP contribution is 2.34. The molecule has 3 rings (SSSR count). The van der Waals surface area contributed by atoms with Crippen LogP contribution in [0.2, 0.25) is 0 Å². The minimum Gasteiger partial charge on any atom is -0.462 e. The van der Waals surface area contributed by atoms with Crippen LogP contribution in [0.1, 0.15) is 57.8 Å². The lowest BCUT2D eigenvalue weighted by molar-refractivity contribution is 0.0527. The second kappa shape index (κ2) is 7.83. The van der Waals surface area contributed by atoms with E-state index in [4.69, 9.17) is 4.74 Å². The highest BCUT2D eigenvalue weighted by Gasteiger charge is 2.25. The van der Waals surface area contributed by atoms with E-state index in [1.807, 2.05) is 5.38 Å². The number of carbonyl (C=O) groups excluding carboxylic acids is 2. The van der Waals surface area contributed by atoms with Crippen LogP contribution in [0.15, 0.2) is 29.6 Å². The smallest absolute Gasteiger partial charge is 0.340 e. The van der Waals surface area contributed by atoms with Crippen molar-refractivity contribution in [2.75, 3.05) is 11.9 Å². The Bertz CT molecular complexity index is 781. The Morgan fingerprint density at radius 1 is 1.24 bits per heavy atom. The first kappa shape index (κ1) is 17.7. The largest absolute Gasteiger partial charge is 0.462 e. The third kappa shape index (κ3) is 3.76. The standard InChI is InChI=1S/C20H23NO3S/c1-3-13-9-10-14-16(12-25-18(14)11-13)19(22)21-17-8-6-5-7-15(17)20(23)24-4-2/h5-8,12-13H,3-4,9-11H2,1-2H3,(H,21,22). The minimum absolute atomic E-state index is 0.149. The van der Waals surface area contributed by atoms with Gasteiger partial charge < -0.3 is 10.1 Å². The molecule has 1 aliphatic rings. The Kier molecular flexibility index (Phi) is 5.53. The van der Waals surface area contributed by atoms with Gasteiger partial charge in [0.15, 0.2) is 0 Å². The van der Waals surface area contributed by atoms with Crippen molar-refractivity contribution < 1.29 is 14.3 Å². The molecule has 4 nitrogen and oxygen atoms in total. The SMILES string of the molecule is CCOC(=O)c1ccccc1NC(=O)c1csc2c1CCC(CC)C2. The highest BCUT2D eigenvalue weighted by atomic mass is 32.1. The molecule has 0 saturated heterocycles. The Hall–Kier alpha value is -2.14. The number of ether oxygens (including phenoxy) is 1. The van der Waals surface area contributed by atoms with Gasteiger partial charge in [0.2, 0.25) is 0 Å². The fraction of sp³-hybridized carbons (Fsp3) is 0.400. The summed E-state index contributed by atoms with van der Waals surface area (Å²) in [6.07, 6.45) is 4.36. The van der Waals surface area contributed by atoms with E-state index < -0.39 is 5.97 Å². The quantitative estimate of drug-likeness (QED) is 0.790. The van der Waals surface area contributed by atoms with Gasteiger partial charge in [0.05, 0.1) is 23.4 Å². The maximum atomic E-state index is 12.8. The molecule has 5 heteroatoms. The van der Waals surface area contributed by atoms with Gasteiger partial charge in [-0.05, 0) is 49.8 Å². The summed E-state index contributed by atoms with van der Waals surface area (Å²) >= 11 is 1.68. The first-order valence-electron chi connectivity index (χ1n) is 8.80. The lowest BCUT2D eigenvalue weighted by Gasteiger charge is -2.21. The zero-order valence-corrected chi connectivity index (χ0v) is 15.4. The molecule has 1 unspecified atom stereocenters. The average molecular weight is 357 g/mol. The first-order valence-corrected chi connectivity index (χ1v) is 9.68. The van der Waals surface area contributed by atoms with E-state index in [-0.39, 0.29) is 5.91 Å². The predicted octanol–water partition coefficient (Wildman–Crippen LogP) is 4.69. The first-order chi connectivity index (χ1) is 12.1. The predicted molar refractivity (Wildman–Crippen MR) is 100 cm³/mol. The molecule has 0 aliphatic heterocycles.